The molecule has 112 valence electrons. The van der Waals surface area contributed by atoms with Gasteiger partial charge in [0.05, 0.1) is 10.8 Å². The molecule has 0 N–H and O–H groups in total. The van der Waals surface area contributed by atoms with Gasteiger partial charge in [-0.25, -0.2) is 0 Å². The lowest BCUT2D eigenvalue weighted by atomic mass is 9.94. The molecular weight excluding hydrogens is 304 g/mol. The molecule has 0 saturated heterocycles. The molecule has 1 unspecified atom stereocenters. The van der Waals surface area contributed by atoms with Crippen LogP contribution in [0, 0.1) is 0 Å². The zero-order chi connectivity index (χ0) is 15.8. The van der Waals surface area contributed by atoms with Crippen molar-refractivity contribution in [3.8, 4) is 0 Å². The van der Waals surface area contributed by atoms with Gasteiger partial charge in [-0.2, -0.15) is 0 Å². The van der Waals surface area contributed by atoms with E-state index >= 15 is 0 Å². The Morgan fingerprint density at radius 1 is 0.870 bits per heavy atom. The number of benzene rings is 3. The van der Waals surface area contributed by atoms with Crippen LogP contribution in [-0.2, 0) is 10.8 Å². The van der Waals surface area contributed by atoms with E-state index in [2.05, 4.69) is 0 Å². The molecular formula is C20H14O2S. The van der Waals surface area contributed by atoms with Crippen LogP contribution in [0.25, 0.3) is 16.3 Å². The Morgan fingerprint density at radius 3 is 2.26 bits per heavy atom. The second kappa shape index (κ2) is 5.60. The molecule has 0 spiro atoms. The lowest BCUT2D eigenvalue weighted by Crippen LogP contribution is -2.12. The number of carbonyl (C=O) groups is 1. The first-order valence-corrected chi connectivity index (χ1v) is 8.77. The van der Waals surface area contributed by atoms with E-state index in [1.54, 1.807) is 0 Å². The summed E-state index contributed by atoms with van der Waals surface area (Å²) in [5, 5.41) is 2.10. The average molecular weight is 318 g/mol. The maximum absolute atomic E-state index is 12.8. The number of fused-ring (bicyclic) bond motifs is 2. The number of hydrogen-bond acceptors (Lipinski definition) is 2. The highest BCUT2D eigenvalue weighted by molar-refractivity contribution is 7.85. The molecule has 0 radical (unpaired) electrons. The molecule has 0 saturated carbocycles. The summed E-state index contributed by atoms with van der Waals surface area (Å²) >= 11 is 0. The molecule has 1 atom stereocenters. The molecule has 4 rings (SSSR count). The van der Waals surface area contributed by atoms with Crippen molar-refractivity contribution in [1.82, 2.24) is 0 Å². The summed E-state index contributed by atoms with van der Waals surface area (Å²) < 4.78 is 12.4. The van der Waals surface area contributed by atoms with Gasteiger partial charge < -0.3 is 0 Å². The Bertz CT molecular complexity index is 971. The zero-order valence-corrected chi connectivity index (χ0v) is 13.2. The first-order chi connectivity index (χ1) is 11.2. The van der Waals surface area contributed by atoms with Crippen molar-refractivity contribution in [2.24, 2.45) is 0 Å². The van der Waals surface area contributed by atoms with Crippen molar-refractivity contribution >= 4 is 32.9 Å². The highest BCUT2D eigenvalue weighted by Gasteiger charge is 2.24. The normalized spacial score (nSPS) is 16.7. The standard InChI is InChI=1S/C20H14O2S/c21-20(14-6-2-1-3-7-14)17-10-11-23(22)19-13-16-9-5-4-8-15(16)12-18(17)19/h1-10,12-13H,11H2. The van der Waals surface area contributed by atoms with Gasteiger partial charge in [0.15, 0.2) is 5.78 Å². The largest absolute Gasteiger partial charge is 0.289 e. The monoisotopic (exact) mass is 318 g/mol. The molecule has 1 aliphatic heterocycles. The third-order valence-corrected chi connectivity index (χ3v) is 5.40. The summed E-state index contributed by atoms with van der Waals surface area (Å²) in [5.41, 5.74) is 2.10. The Hall–Kier alpha value is -2.52. The number of hydrogen-bond donors (Lipinski definition) is 0. The fourth-order valence-corrected chi connectivity index (χ4v) is 4.11. The highest BCUT2D eigenvalue weighted by atomic mass is 32.2. The van der Waals surface area contributed by atoms with E-state index in [0.29, 0.717) is 16.9 Å². The number of allylic oxidation sites excluding steroid dienone is 1. The van der Waals surface area contributed by atoms with Crippen LogP contribution in [0.3, 0.4) is 0 Å². The van der Waals surface area contributed by atoms with Gasteiger partial charge in [-0.05, 0) is 22.9 Å². The molecule has 0 bridgehead atoms. The summed E-state index contributed by atoms with van der Waals surface area (Å²) in [6.45, 7) is 0. The van der Waals surface area contributed by atoms with Crippen molar-refractivity contribution in [2.75, 3.05) is 5.75 Å². The van der Waals surface area contributed by atoms with Gasteiger partial charge in [0.2, 0.25) is 0 Å². The molecule has 2 nitrogen and oxygen atoms in total. The van der Waals surface area contributed by atoms with Crippen molar-refractivity contribution in [2.45, 2.75) is 4.90 Å². The van der Waals surface area contributed by atoms with Crippen LogP contribution in [0.4, 0.5) is 0 Å². The SMILES string of the molecule is O=C(C1=CCS(=O)c2cc3ccccc3cc21)c1ccccc1. The maximum Gasteiger partial charge on any atom is 0.193 e. The number of ketones is 1. The van der Waals surface area contributed by atoms with Gasteiger partial charge in [-0.1, -0.05) is 60.7 Å². The Kier molecular flexibility index (Phi) is 3.43. The first kappa shape index (κ1) is 14.1. The summed E-state index contributed by atoms with van der Waals surface area (Å²) in [6, 6.07) is 21.1. The van der Waals surface area contributed by atoms with Crippen molar-refractivity contribution in [1.29, 1.82) is 0 Å². The minimum atomic E-state index is -1.09. The molecule has 1 heterocycles. The van der Waals surface area contributed by atoms with Gasteiger partial charge in [0.25, 0.3) is 0 Å². The molecule has 3 aromatic carbocycles. The minimum absolute atomic E-state index is 0.0150. The molecule has 23 heavy (non-hydrogen) atoms. The molecule has 0 fully saturated rings. The van der Waals surface area contributed by atoms with Crippen LogP contribution in [0.5, 0.6) is 0 Å². The number of Topliss-reactive ketones (excluding diaryl/α,β-unsaturated/α-hetero) is 1. The Balaban J connectivity index is 1.90. The van der Waals surface area contributed by atoms with E-state index in [1.807, 2.05) is 72.8 Å². The van der Waals surface area contributed by atoms with Crippen LogP contribution in [0.1, 0.15) is 15.9 Å². The van der Waals surface area contributed by atoms with Crippen molar-refractivity contribution in [3.05, 3.63) is 83.9 Å². The predicted molar refractivity (Wildman–Crippen MR) is 94.0 cm³/mol. The topological polar surface area (TPSA) is 34.1 Å². The molecule has 3 heteroatoms. The molecule has 0 aromatic heterocycles. The minimum Gasteiger partial charge on any atom is -0.289 e. The van der Waals surface area contributed by atoms with Crippen molar-refractivity contribution < 1.29 is 9.00 Å². The van der Waals surface area contributed by atoms with E-state index < -0.39 is 10.8 Å². The van der Waals surface area contributed by atoms with Crippen LogP contribution < -0.4 is 0 Å². The van der Waals surface area contributed by atoms with Crippen molar-refractivity contribution in [3.63, 3.8) is 0 Å². The summed E-state index contributed by atoms with van der Waals surface area (Å²) in [5.74, 6) is 0.373. The molecule has 3 aromatic rings. The van der Waals surface area contributed by atoms with Gasteiger partial charge in [0, 0.05) is 27.3 Å². The molecule has 1 aliphatic rings. The smallest absolute Gasteiger partial charge is 0.193 e. The summed E-state index contributed by atoms with van der Waals surface area (Å²) in [4.78, 5) is 13.6. The molecule has 0 aliphatic carbocycles. The fraction of sp³-hybridized carbons (Fsp3) is 0.0500. The van der Waals surface area contributed by atoms with Gasteiger partial charge in [-0.3, -0.25) is 9.00 Å². The third kappa shape index (κ3) is 2.43. The second-order valence-corrected chi connectivity index (χ2v) is 6.98. The zero-order valence-electron chi connectivity index (χ0n) is 12.4. The summed E-state index contributed by atoms with van der Waals surface area (Å²) in [6.07, 6.45) is 1.81. The van der Waals surface area contributed by atoms with E-state index in [0.717, 1.165) is 21.2 Å². The van der Waals surface area contributed by atoms with Crippen LogP contribution in [0.15, 0.2) is 77.7 Å². The lowest BCUT2D eigenvalue weighted by Gasteiger charge is -2.18. The van der Waals surface area contributed by atoms with Gasteiger partial charge >= 0.3 is 0 Å². The average Bonchev–Trinajstić information content (AvgIpc) is 2.61. The van der Waals surface area contributed by atoms with E-state index in [1.165, 1.54) is 0 Å². The maximum atomic E-state index is 12.8. The van der Waals surface area contributed by atoms with Crippen LogP contribution in [-0.4, -0.2) is 15.7 Å². The first-order valence-electron chi connectivity index (χ1n) is 7.45. The summed E-state index contributed by atoms with van der Waals surface area (Å²) in [7, 11) is -1.09. The molecule has 0 amide bonds. The van der Waals surface area contributed by atoms with E-state index in [-0.39, 0.29) is 5.78 Å². The van der Waals surface area contributed by atoms with E-state index in [9.17, 15) is 9.00 Å². The number of rotatable bonds is 2. The second-order valence-electron chi connectivity index (χ2n) is 5.52. The third-order valence-electron chi connectivity index (χ3n) is 4.10. The van der Waals surface area contributed by atoms with Gasteiger partial charge in [-0.15, -0.1) is 0 Å². The Labute approximate surface area is 136 Å². The van der Waals surface area contributed by atoms with E-state index in [4.69, 9.17) is 0 Å². The van der Waals surface area contributed by atoms with Crippen LogP contribution in [0.2, 0.25) is 0 Å². The Morgan fingerprint density at radius 2 is 1.52 bits per heavy atom. The number of carbonyl (C=O) groups excluding carboxylic acids is 1. The fourth-order valence-electron chi connectivity index (χ4n) is 2.94. The van der Waals surface area contributed by atoms with Crippen LogP contribution >= 0.6 is 0 Å². The lowest BCUT2D eigenvalue weighted by molar-refractivity contribution is 0.105. The quantitative estimate of drug-likeness (QED) is 0.663. The van der Waals surface area contributed by atoms with Gasteiger partial charge in [0.1, 0.15) is 0 Å². The highest BCUT2D eigenvalue weighted by Crippen LogP contribution is 2.33. The predicted octanol–water partition coefficient (Wildman–Crippen LogP) is 4.23.